The molecule has 0 aliphatic heterocycles. The molecule has 1 amide bonds. The summed E-state index contributed by atoms with van der Waals surface area (Å²) in [6.07, 6.45) is 1.57. The number of anilines is 3. The van der Waals surface area contributed by atoms with Crippen LogP contribution in [-0.4, -0.2) is 28.2 Å². The van der Waals surface area contributed by atoms with Crippen molar-refractivity contribution in [1.82, 2.24) is 9.97 Å². The maximum atomic E-state index is 12.6. The van der Waals surface area contributed by atoms with E-state index in [2.05, 4.69) is 15.3 Å². The van der Waals surface area contributed by atoms with Crippen molar-refractivity contribution in [2.45, 2.75) is 20.8 Å². The van der Waals surface area contributed by atoms with Gasteiger partial charge in [-0.3, -0.25) is 9.59 Å². The first kappa shape index (κ1) is 19.2. The number of ketones is 1. The van der Waals surface area contributed by atoms with Gasteiger partial charge in [-0.15, -0.1) is 0 Å². The van der Waals surface area contributed by atoms with E-state index in [4.69, 9.17) is 0 Å². The Morgan fingerprint density at radius 3 is 2.57 bits per heavy atom. The van der Waals surface area contributed by atoms with Crippen molar-refractivity contribution >= 4 is 29.0 Å². The number of benzene rings is 2. The van der Waals surface area contributed by atoms with Crippen LogP contribution in [0.5, 0.6) is 0 Å². The van der Waals surface area contributed by atoms with E-state index in [1.54, 1.807) is 36.5 Å². The average molecular weight is 374 g/mol. The Kier molecular flexibility index (Phi) is 5.79. The van der Waals surface area contributed by atoms with Crippen molar-refractivity contribution in [3.63, 3.8) is 0 Å². The SMILES string of the molecule is CCN(c1cccc(C)c1)c1nccc(C(=O)Nc2cccc(C(C)=O)c2)n1. The quantitative estimate of drug-likeness (QED) is 0.647. The van der Waals surface area contributed by atoms with Gasteiger partial charge in [-0.2, -0.15) is 0 Å². The Labute approximate surface area is 164 Å². The van der Waals surface area contributed by atoms with Crippen molar-refractivity contribution in [3.05, 3.63) is 77.6 Å². The van der Waals surface area contributed by atoms with E-state index in [0.717, 1.165) is 11.3 Å². The summed E-state index contributed by atoms with van der Waals surface area (Å²) in [6.45, 7) is 6.18. The van der Waals surface area contributed by atoms with Crippen molar-refractivity contribution < 1.29 is 9.59 Å². The minimum absolute atomic E-state index is 0.0582. The summed E-state index contributed by atoms with van der Waals surface area (Å²) >= 11 is 0. The normalized spacial score (nSPS) is 10.4. The molecule has 0 aliphatic rings. The third-order valence-electron chi connectivity index (χ3n) is 4.27. The van der Waals surface area contributed by atoms with E-state index >= 15 is 0 Å². The van der Waals surface area contributed by atoms with Gasteiger partial charge in [0.15, 0.2) is 5.78 Å². The zero-order chi connectivity index (χ0) is 20.1. The topological polar surface area (TPSA) is 75.2 Å². The molecule has 3 rings (SSSR count). The first-order valence-electron chi connectivity index (χ1n) is 9.07. The highest BCUT2D eigenvalue weighted by atomic mass is 16.2. The zero-order valence-corrected chi connectivity index (χ0v) is 16.1. The smallest absolute Gasteiger partial charge is 0.274 e. The third kappa shape index (κ3) is 4.40. The third-order valence-corrected chi connectivity index (χ3v) is 4.27. The van der Waals surface area contributed by atoms with E-state index in [-0.39, 0.29) is 17.4 Å². The fourth-order valence-corrected chi connectivity index (χ4v) is 2.85. The minimum atomic E-state index is -0.357. The fourth-order valence-electron chi connectivity index (χ4n) is 2.85. The molecule has 0 saturated carbocycles. The largest absolute Gasteiger partial charge is 0.321 e. The van der Waals surface area contributed by atoms with Gasteiger partial charge in [-0.05, 0) is 56.7 Å². The number of aromatic nitrogens is 2. The molecule has 142 valence electrons. The van der Waals surface area contributed by atoms with Gasteiger partial charge >= 0.3 is 0 Å². The lowest BCUT2D eigenvalue weighted by molar-refractivity contribution is 0.100. The molecule has 0 unspecified atom stereocenters. The molecule has 1 N–H and O–H groups in total. The van der Waals surface area contributed by atoms with Gasteiger partial charge in [0.1, 0.15) is 5.69 Å². The molecule has 3 aromatic rings. The highest BCUT2D eigenvalue weighted by Crippen LogP contribution is 2.23. The van der Waals surface area contributed by atoms with Crippen LogP contribution in [0.1, 0.15) is 40.3 Å². The van der Waals surface area contributed by atoms with E-state index in [1.165, 1.54) is 6.92 Å². The number of carbonyl (C=O) groups excluding carboxylic acids is 2. The number of hydrogen-bond acceptors (Lipinski definition) is 5. The first-order valence-corrected chi connectivity index (χ1v) is 9.07. The predicted molar refractivity (Wildman–Crippen MR) is 110 cm³/mol. The van der Waals surface area contributed by atoms with E-state index in [1.807, 2.05) is 43.0 Å². The summed E-state index contributed by atoms with van der Waals surface area (Å²) in [7, 11) is 0. The van der Waals surface area contributed by atoms with Crippen LogP contribution in [-0.2, 0) is 0 Å². The number of nitrogens with zero attached hydrogens (tertiary/aromatic N) is 3. The number of aryl methyl sites for hydroxylation is 1. The van der Waals surface area contributed by atoms with Crippen LogP contribution in [0.3, 0.4) is 0 Å². The molecule has 28 heavy (non-hydrogen) atoms. The summed E-state index contributed by atoms with van der Waals surface area (Å²) in [4.78, 5) is 34.9. The van der Waals surface area contributed by atoms with Crippen molar-refractivity contribution in [2.24, 2.45) is 0 Å². The average Bonchev–Trinajstić information content (AvgIpc) is 2.69. The van der Waals surface area contributed by atoms with Gasteiger partial charge in [0.05, 0.1) is 0 Å². The second kappa shape index (κ2) is 8.43. The molecule has 0 atom stereocenters. The van der Waals surface area contributed by atoms with E-state index in [0.29, 0.717) is 23.7 Å². The number of Topliss-reactive ketones (excluding diaryl/α,β-unsaturated/α-hetero) is 1. The molecule has 1 heterocycles. The molecule has 0 saturated heterocycles. The molecular weight excluding hydrogens is 352 g/mol. The number of rotatable bonds is 6. The summed E-state index contributed by atoms with van der Waals surface area (Å²) < 4.78 is 0. The van der Waals surface area contributed by atoms with Gasteiger partial charge in [0.25, 0.3) is 5.91 Å². The van der Waals surface area contributed by atoms with Gasteiger partial charge in [0, 0.05) is 29.7 Å². The van der Waals surface area contributed by atoms with E-state index in [9.17, 15) is 9.59 Å². The predicted octanol–water partition coefficient (Wildman–Crippen LogP) is 4.40. The monoisotopic (exact) mass is 374 g/mol. The zero-order valence-electron chi connectivity index (χ0n) is 16.1. The number of hydrogen-bond donors (Lipinski definition) is 1. The Morgan fingerprint density at radius 1 is 1.07 bits per heavy atom. The highest BCUT2D eigenvalue weighted by molar-refractivity contribution is 6.04. The maximum absolute atomic E-state index is 12.6. The second-order valence-corrected chi connectivity index (χ2v) is 6.42. The lowest BCUT2D eigenvalue weighted by Gasteiger charge is -2.21. The molecule has 0 fully saturated rings. The number of carbonyl (C=O) groups is 2. The van der Waals surface area contributed by atoms with Crippen LogP contribution in [0, 0.1) is 6.92 Å². The fraction of sp³-hybridized carbons (Fsp3) is 0.182. The summed E-state index contributed by atoms with van der Waals surface area (Å²) in [5, 5.41) is 2.79. The standard InChI is InChI=1S/C22H22N4O2/c1-4-26(19-10-5-7-15(2)13-19)22-23-12-11-20(25-22)21(28)24-18-9-6-8-17(14-18)16(3)27/h5-14H,4H2,1-3H3,(H,24,28). The van der Waals surface area contributed by atoms with Crippen molar-refractivity contribution in [1.29, 1.82) is 0 Å². The van der Waals surface area contributed by atoms with Gasteiger partial charge in [-0.25, -0.2) is 9.97 Å². The summed E-state index contributed by atoms with van der Waals surface area (Å²) in [6, 6.07) is 16.4. The Morgan fingerprint density at radius 2 is 1.86 bits per heavy atom. The molecule has 1 aromatic heterocycles. The Hall–Kier alpha value is -3.54. The van der Waals surface area contributed by atoms with Gasteiger partial charge in [0.2, 0.25) is 5.95 Å². The molecule has 0 bridgehead atoms. The lowest BCUT2D eigenvalue weighted by Crippen LogP contribution is -2.21. The van der Waals surface area contributed by atoms with Crippen molar-refractivity contribution in [3.8, 4) is 0 Å². The number of nitrogens with one attached hydrogen (secondary N) is 1. The first-order chi connectivity index (χ1) is 13.5. The van der Waals surface area contributed by atoms with Crippen LogP contribution in [0.15, 0.2) is 60.8 Å². The summed E-state index contributed by atoms with van der Waals surface area (Å²) in [5.41, 5.74) is 3.44. The molecule has 2 aromatic carbocycles. The Bertz CT molecular complexity index is 1020. The molecule has 6 heteroatoms. The van der Waals surface area contributed by atoms with Crippen LogP contribution < -0.4 is 10.2 Å². The van der Waals surface area contributed by atoms with Crippen molar-refractivity contribution in [2.75, 3.05) is 16.8 Å². The van der Waals surface area contributed by atoms with Crippen LogP contribution in [0.4, 0.5) is 17.3 Å². The highest BCUT2D eigenvalue weighted by Gasteiger charge is 2.15. The van der Waals surface area contributed by atoms with E-state index < -0.39 is 0 Å². The molecular formula is C22H22N4O2. The molecule has 0 spiro atoms. The van der Waals surface area contributed by atoms with Gasteiger partial charge < -0.3 is 10.2 Å². The lowest BCUT2D eigenvalue weighted by atomic mass is 10.1. The summed E-state index contributed by atoms with van der Waals surface area (Å²) in [5.74, 6) is 0.0417. The van der Waals surface area contributed by atoms with Crippen LogP contribution >= 0.6 is 0 Å². The molecule has 0 radical (unpaired) electrons. The van der Waals surface area contributed by atoms with Gasteiger partial charge in [-0.1, -0.05) is 24.3 Å². The Balaban J connectivity index is 1.85. The van der Waals surface area contributed by atoms with Crippen LogP contribution in [0.2, 0.25) is 0 Å². The van der Waals surface area contributed by atoms with Crippen LogP contribution in [0.25, 0.3) is 0 Å². The minimum Gasteiger partial charge on any atom is -0.321 e. The molecule has 0 aliphatic carbocycles. The second-order valence-electron chi connectivity index (χ2n) is 6.42. The molecule has 6 nitrogen and oxygen atoms in total. The number of amides is 1. The maximum Gasteiger partial charge on any atom is 0.274 e.